The number of ether oxygens (including phenoxy) is 6. The molecule has 0 saturated carbocycles. The third kappa shape index (κ3) is 25.6. The first-order valence-corrected chi connectivity index (χ1v) is 43.1. The number of alkyl halides is 3. The van der Waals surface area contributed by atoms with E-state index in [-0.39, 0.29) is 70.9 Å². The fourth-order valence-electron chi connectivity index (χ4n) is 10.6. The van der Waals surface area contributed by atoms with E-state index < -0.39 is 130 Å². The summed E-state index contributed by atoms with van der Waals surface area (Å²) in [6.45, 7) is 19.7. The van der Waals surface area contributed by atoms with Gasteiger partial charge >= 0.3 is 40.7 Å². The van der Waals surface area contributed by atoms with Gasteiger partial charge in [0.05, 0.1) is 74.4 Å². The van der Waals surface area contributed by atoms with E-state index in [1.165, 1.54) is 0 Å². The van der Waals surface area contributed by atoms with Gasteiger partial charge in [-0.2, -0.15) is 0 Å². The van der Waals surface area contributed by atoms with Gasteiger partial charge in [-0.05, 0) is 135 Å². The minimum atomic E-state index is -3.89. The van der Waals surface area contributed by atoms with Gasteiger partial charge in [-0.25, -0.2) is 13.7 Å². The van der Waals surface area contributed by atoms with Crippen LogP contribution in [0.15, 0.2) is 110 Å². The van der Waals surface area contributed by atoms with Crippen LogP contribution < -0.4 is 13.6 Å². The molecule has 0 amide bonds. The molecule has 108 heavy (non-hydrogen) atoms. The molecule has 3 aliphatic rings. The number of nitrogens with one attached hydrogen (secondary N) is 3. The number of aryl methyl sites for hydroxylation is 3. The van der Waals surface area contributed by atoms with Gasteiger partial charge in [0.25, 0.3) is 0 Å². The van der Waals surface area contributed by atoms with Gasteiger partial charge in [-0.1, -0.05) is 112 Å². The van der Waals surface area contributed by atoms with Crippen LogP contribution in [0.25, 0.3) is 0 Å². The van der Waals surface area contributed by atoms with E-state index in [9.17, 15) is 43.4 Å². The van der Waals surface area contributed by atoms with Crippen LogP contribution in [0, 0.1) is 66.8 Å². The van der Waals surface area contributed by atoms with E-state index in [1.807, 2.05) is 20.8 Å². The van der Waals surface area contributed by atoms with E-state index in [0.29, 0.717) is 31.2 Å². The SMILES string of the molecule is Cc1cn([C@H]2O[C@@H](COP(=O)(C[C@@H](C)C(=O)OC(C)C)Oc3ccccc3)C(O)[C@H]2Cl)c(=S)[nH]c1=S.Cc1cn([C@H]2O[C@@H](CO[P@@](=O)(C[C@@H](C)C(=O)OC(C)C)Oc3ccccc3)C(O)[C@H]2Cl)c(=S)[nH]c1=S.Cc1cn([C@H]2O[C@@H](CO[P@](=O)(C[C@@H](C)C(=O)OC(C)C)Oc3ccccc3)C(O)[C@H]2Cl)c(=S)[nH]c1=S. The number of hydrogen-bond donors (Lipinski definition) is 6. The third-order valence-corrected chi connectivity index (χ3v) is 25.9. The zero-order valence-corrected chi connectivity index (χ0v) is 70.8. The molecule has 0 radical (unpaired) electrons. The van der Waals surface area contributed by atoms with Gasteiger partial charge in [0.2, 0.25) is 0 Å². The quantitative estimate of drug-likeness (QED) is 0.00802. The van der Waals surface area contributed by atoms with Crippen LogP contribution in [0.3, 0.4) is 0 Å². The summed E-state index contributed by atoms with van der Waals surface area (Å²) in [5, 5.41) is 29.6. The van der Waals surface area contributed by atoms with Gasteiger partial charge in [0, 0.05) is 35.3 Å². The number of aliphatic hydroxyl groups is 3. The Morgan fingerprint density at radius 2 is 0.648 bits per heavy atom. The summed E-state index contributed by atoms with van der Waals surface area (Å²) in [5.74, 6) is -2.91. The lowest BCUT2D eigenvalue weighted by Crippen LogP contribution is -2.31. The number of aliphatic hydroxyl groups excluding tert-OH is 3. The fraction of sp³-hybridized carbons (Fsp3) is 0.522. The molecule has 3 aliphatic heterocycles. The third-order valence-electron chi connectivity index (χ3n) is 16.2. The van der Waals surface area contributed by atoms with Gasteiger partial charge < -0.3 is 72.3 Å². The second-order valence-corrected chi connectivity index (χ2v) is 36.6. The molecule has 0 aliphatic carbocycles. The van der Waals surface area contributed by atoms with E-state index in [0.717, 1.165) is 16.7 Å². The van der Waals surface area contributed by atoms with Crippen molar-refractivity contribution < 1.29 is 99.0 Å². The number of aromatic nitrogens is 6. The highest BCUT2D eigenvalue weighted by molar-refractivity contribution is 7.72. The van der Waals surface area contributed by atoms with Crippen molar-refractivity contribution in [2.75, 3.05) is 38.3 Å². The molecule has 39 heteroatoms. The van der Waals surface area contributed by atoms with Gasteiger partial charge in [0.15, 0.2) is 33.0 Å². The highest BCUT2D eigenvalue weighted by Crippen LogP contribution is 2.54. The van der Waals surface area contributed by atoms with Crippen LogP contribution in [-0.2, 0) is 70.1 Å². The lowest BCUT2D eigenvalue weighted by atomic mass is 10.2. The summed E-state index contributed by atoms with van der Waals surface area (Å²) in [7, 11) is -11.7. The number of aromatic amines is 3. The van der Waals surface area contributed by atoms with Crippen molar-refractivity contribution in [3.63, 3.8) is 0 Å². The maximum Gasteiger partial charge on any atom is 0.380 e. The Morgan fingerprint density at radius 1 is 0.426 bits per heavy atom. The molecule has 27 nitrogen and oxygen atoms in total. The largest absolute Gasteiger partial charge is 0.463 e. The minimum Gasteiger partial charge on any atom is -0.463 e. The number of esters is 3. The van der Waals surface area contributed by atoms with Gasteiger partial charge in [-0.15, -0.1) is 34.8 Å². The average Bonchev–Trinajstić information content (AvgIpc) is 1.65. The number of hydrogen-bond acceptors (Lipinski definition) is 27. The Balaban J connectivity index is 0.000000226. The molecule has 6 N–H and O–H groups in total. The number of benzene rings is 3. The molecule has 0 spiro atoms. The molecular formula is C69H90Cl3N6O21P3S6. The fourth-order valence-corrected chi connectivity index (χ4v) is 18.7. The lowest BCUT2D eigenvalue weighted by molar-refractivity contribution is -0.152. The first-order chi connectivity index (χ1) is 50.7. The number of nitrogens with zero attached hydrogens (tertiary/aromatic N) is 3. The maximum absolute atomic E-state index is 13.8. The molecule has 3 aromatic heterocycles. The van der Waals surface area contributed by atoms with Crippen LogP contribution in [0.2, 0.25) is 0 Å². The highest BCUT2D eigenvalue weighted by atomic mass is 35.5. The summed E-state index contributed by atoms with van der Waals surface area (Å²) in [6, 6.07) is 25.4. The van der Waals surface area contributed by atoms with Crippen LogP contribution in [0.4, 0.5) is 0 Å². The molecule has 0 bridgehead atoms. The monoisotopic (exact) mass is 1730 g/mol. The molecular weight excluding hydrogens is 1640 g/mol. The van der Waals surface area contributed by atoms with Crippen LogP contribution in [0.1, 0.15) is 97.7 Å². The maximum atomic E-state index is 13.8. The van der Waals surface area contributed by atoms with Crippen molar-refractivity contribution >= 4 is 149 Å². The Kier molecular flexibility index (Phi) is 34.2. The number of rotatable bonds is 30. The van der Waals surface area contributed by atoms with Crippen molar-refractivity contribution in [1.82, 2.24) is 28.7 Å². The molecule has 6 heterocycles. The first kappa shape index (κ1) is 90.4. The molecule has 3 aromatic carbocycles. The molecule has 18 atom stereocenters. The Hall–Kier alpha value is -4.77. The van der Waals surface area contributed by atoms with Crippen LogP contribution in [0.5, 0.6) is 17.2 Å². The highest BCUT2D eigenvalue weighted by Gasteiger charge is 2.49. The molecule has 3 fully saturated rings. The molecule has 4 unspecified atom stereocenters. The number of para-hydroxylation sites is 3. The normalized spacial score (nSPS) is 24.3. The summed E-state index contributed by atoms with van der Waals surface area (Å²) >= 11 is 51.1. The smallest absolute Gasteiger partial charge is 0.380 e. The van der Waals surface area contributed by atoms with Crippen molar-refractivity contribution in [3.8, 4) is 17.2 Å². The number of carbonyl (C=O) groups is 3. The molecule has 594 valence electrons. The zero-order chi connectivity index (χ0) is 79.9. The van der Waals surface area contributed by atoms with E-state index >= 15 is 0 Å². The number of carbonyl (C=O) groups excluding carboxylic acids is 3. The number of H-pyrrole nitrogens is 3. The summed E-state index contributed by atoms with van der Waals surface area (Å²) < 4.78 is 116. The van der Waals surface area contributed by atoms with Crippen LogP contribution in [-0.4, -0.2) is 171 Å². The molecule has 3 saturated heterocycles. The van der Waals surface area contributed by atoms with Crippen molar-refractivity contribution in [2.24, 2.45) is 17.8 Å². The standard InChI is InChI=1S/3C23H30ClN2O7PS2/c3*1-13(2)31-22(28)15(4)12-34(29,33-16-8-6-5-7-9-16)30-11-17-19(27)18(24)21(32-17)26-10-14(3)20(35)25-23(26)36/h3*5-10,13,15,17-19,21,27H,11-12H2,1-4H3,(H,25,35,36)/t15-,17+,18-,19?,21+,34?;15-,17+,18-,19?,21+,34+;15-,17+,18-,19?,21+,34-/m111/s1. The summed E-state index contributed by atoms with van der Waals surface area (Å²) in [5.41, 5.74) is 2.26. The molecule has 6 aromatic rings. The predicted octanol–water partition coefficient (Wildman–Crippen LogP) is 16.0. The zero-order valence-electron chi connectivity index (χ0n) is 61.0. The van der Waals surface area contributed by atoms with E-state index in [1.54, 1.807) is 186 Å². The van der Waals surface area contributed by atoms with Gasteiger partial charge in [0.1, 0.15) is 83.9 Å². The minimum absolute atomic E-state index is 0.233. The Morgan fingerprint density at radius 3 is 0.861 bits per heavy atom. The van der Waals surface area contributed by atoms with E-state index in [2.05, 4.69) is 15.0 Å². The summed E-state index contributed by atoms with van der Waals surface area (Å²) in [4.78, 5) is 45.8. The lowest BCUT2D eigenvalue weighted by Gasteiger charge is -2.24. The molecule has 9 rings (SSSR count). The Labute approximate surface area is 672 Å². The number of halogens is 3. The van der Waals surface area contributed by atoms with Crippen molar-refractivity contribution in [1.29, 1.82) is 0 Å². The van der Waals surface area contributed by atoms with Crippen molar-refractivity contribution in [3.05, 3.63) is 155 Å². The average molecular weight is 1730 g/mol. The van der Waals surface area contributed by atoms with E-state index in [4.69, 9.17) is 164 Å². The van der Waals surface area contributed by atoms with Crippen molar-refractivity contribution in [2.45, 2.75) is 173 Å². The Bertz CT molecular complexity index is 4120. The first-order valence-electron chi connectivity index (χ1n) is 34.2. The summed E-state index contributed by atoms with van der Waals surface area (Å²) in [6.07, 6.45) is -5.30. The predicted molar refractivity (Wildman–Crippen MR) is 422 cm³/mol. The topological polar surface area (TPSA) is 336 Å². The van der Waals surface area contributed by atoms with Gasteiger partial charge in [-0.3, -0.25) is 41.7 Å². The second-order valence-electron chi connectivity index (χ2n) is 26.6. The second kappa shape index (κ2) is 40.8. The van der Waals surface area contributed by atoms with Crippen LogP contribution >= 0.6 is 131 Å².